The van der Waals surface area contributed by atoms with Gasteiger partial charge in [0.2, 0.25) is 0 Å². The van der Waals surface area contributed by atoms with Gasteiger partial charge in [-0.05, 0) is 29.3 Å². The molecule has 0 bridgehead atoms. The van der Waals surface area contributed by atoms with Crippen molar-refractivity contribution in [3.05, 3.63) is 64.4 Å². The lowest BCUT2D eigenvalue weighted by molar-refractivity contribution is 0.0970. The van der Waals surface area contributed by atoms with E-state index in [9.17, 15) is 4.39 Å². The second kappa shape index (κ2) is 5.19. The Hall–Kier alpha value is -1.58. The molecule has 0 amide bonds. The van der Waals surface area contributed by atoms with E-state index in [4.69, 9.17) is 16.3 Å². The van der Waals surface area contributed by atoms with E-state index in [0.717, 1.165) is 5.69 Å². The maximum atomic E-state index is 13.1. The number of nitrogens with one attached hydrogen (secondary N) is 1. The molecule has 1 aliphatic heterocycles. The molecule has 0 aromatic heterocycles. The van der Waals surface area contributed by atoms with Crippen molar-refractivity contribution in [1.29, 1.82) is 0 Å². The Kier molecular flexibility index (Phi) is 3.40. The Morgan fingerprint density at radius 2 is 2.05 bits per heavy atom. The molecule has 0 aliphatic carbocycles. The molecule has 1 N–H and O–H groups in total. The molecule has 3 rings (SSSR count). The number of ether oxygens (including phenoxy) is 1. The van der Waals surface area contributed by atoms with Gasteiger partial charge in [0.05, 0.1) is 24.3 Å². The summed E-state index contributed by atoms with van der Waals surface area (Å²) in [5.74, 6) is -0.410. The fourth-order valence-corrected chi connectivity index (χ4v) is 2.47. The minimum absolute atomic E-state index is 0.0616. The van der Waals surface area contributed by atoms with Crippen LogP contribution < -0.4 is 5.32 Å². The summed E-state index contributed by atoms with van der Waals surface area (Å²) in [6.45, 7) is 1.23. The quantitative estimate of drug-likeness (QED) is 0.890. The highest BCUT2D eigenvalue weighted by molar-refractivity contribution is 6.31. The zero-order valence-electron chi connectivity index (χ0n) is 10.2. The van der Waals surface area contributed by atoms with Crippen LogP contribution in [0.25, 0.3) is 0 Å². The van der Waals surface area contributed by atoms with Crippen LogP contribution >= 0.6 is 11.6 Å². The van der Waals surface area contributed by atoms with Gasteiger partial charge >= 0.3 is 0 Å². The van der Waals surface area contributed by atoms with Crippen LogP contribution in [0.3, 0.4) is 0 Å². The third-order valence-corrected chi connectivity index (χ3v) is 3.52. The van der Waals surface area contributed by atoms with Gasteiger partial charge in [-0.3, -0.25) is 0 Å². The average Bonchev–Trinajstić information content (AvgIpc) is 2.43. The first kappa shape index (κ1) is 12.5. The molecule has 2 aromatic carbocycles. The fraction of sp³-hybridized carbons (Fsp3) is 0.200. The molecule has 2 nitrogen and oxygen atoms in total. The van der Waals surface area contributed by atoms with E-state index >= 15 is 0 Å². The van der Waals surface area contributed by atoms with Gasteiger partial charge in [0, 0.05) is 5.69 Å². The lowest BCUT2D eigenvalue weighted by Gasteiger charge is -2.27. The lowest BCUT2D eigenvalue weighted by Crippen LogP contribution is -2.23. The number of halogens is 2. The second-order valence-corrected chi connectivity index (χ2v) is 4.95. The summed E-state index contributed by atoms with van der Waals surface area (Å²) in [5.41, 5.74) is 3.19. The van der Waals surface area contributed by atoms with E-state index in [2.05, 4.69) is 17.4 Å². The van der Waals surface area contributed by atoms with Crippen molar-refractivity contribution in [1.82, 2.24) is 0 Å². The molecule has 1 aliphatic rings. The van der Waals surface area contributed by atoms with E-state index in [1.807, 2.05) is 12.1 Å². The second-order valence-electron chi connectivity index (χ2n) is 4.54. The molecule has 0 saturated heterocycles. The molecule has 4 heteroatoms. The number of hydrogen-bond donors (Lipinski definition) is 1. The lowest BCUT2D eigenvalue weighted by atomic mass is 9.99. The van der Waals surface area contributed by atoms with Gasteiger partial charge in [-0.1, -0.05) is 35.9 Å². The number of benzene rings is 2. The summed E-state index contributed by atoms with van der Waals surface area (Å²) < 4.78 is 18.7. The van der Waals surface area contributed by atoms with Gasteiger partial charge in [0.1, 0.15) is 5.82 Å². The van der Waals surface area contributed by atoms with E-state index in [1.54, 1.807) is 12.1 Å². The Morgan fingerprint density at radius 1 is 1.21 bits per heavy atom. The van der Waals surface area contributed by atoms with Crippen LogP contribution in [0, 0.1) is 5.82 Å². The topological polar surface area (TPSA) is 21.3 Å². The van der Waals surface area contributed by atoms with E-state index in [1.165, 1.54) is 17.2 Å². The van der Waals surface area contributed by atoms with Crippen LogP contribution in [-0.4, -0.2) is 6.61 Å². The summed E-state index contributed by atoms with van der Waals surface area (Å²) in [4.78, 5) is 0. The zero-order chi connectivity index (χ0) is 13.2. The summed E-state index contributed by atoms with van der Waals surface area (Å²) in [7, 11) is 0. The predicted molar refractivity (Wildman–Crippen MR) is 73.9 cm³/mol. The summed E-state index contributed by atoms with van der Waals surface area (Å²) in [6.07, 6.45) is 0. The average molecular weight is 278 g/mol. The Labute approximate surface area is 116 Å². The minimum Gasteiger partial charge on any atom is -0.376 e. The minimum atomic E-state index is -0.410. The molecule has 0 fully saturated rings. The summed E-state index contributed by atoms with van der Waals surface area (Å²) in [5, 5.41) is 3.45. The first-order chi connectivity index (χ1) is 9.24. The normalized spacial score (nSPS) is 17.9. The van der Waals surface area contributed by atoms with Crippen molar-refractivity contribution in [2.24, 2.45) is 0 Å². The summed E-state index contributed by atoms with van der Waals surface area (Å²) >= 11 is 5.79. The van der Waals surface area contributed by atoms with Gasteiger partial charge < -0.3 is 10.1 Å². The molecule has 2 aromatic rings. The molecule has 0 spiro atoms. The first-order valence-electron chi connectivity index (χ1n) is 6.11. The molecular formula is C15H13ClFNO. The Bertz CT molecular complexity index is 602. The molecule has 0 radical (unpaired) electrons. The highest BCUT2D eigenvalue weighted by Gasteiger charge is 2.20. The van der Waals surface area contributed by atoms with Crippen molar-refractivity contribution in [3.63, 3.8) is 0 Å². The van der Waals surface area contributed by atoms with Gasteiger partial charge in [-0.15, -0.1) is 0 Å². The first-order valence-corrected chi connectivity index (χ1v) is 6.49. The number of rotatable bonds is 2. The summed E-state index contributed by atoms with van der Waals surface area (Å²) in [6, 6.07) is 12.8. The molecular weight excluding hydrogens is 265 g/mol. The van der Waals surface area contributed by atoms with E-state index < -0.39 is 5.82 Å². The number of anilines is 1. The van der Waals surface area contributed by atoms with Gasteiger partial charge in [-0.2, -0.15) is 0 Å². The fourth-order valence-electron chi connectivity index (χ4n) is 2.29. The smallest absolute Gasteiger partial charge is 0.141 e. The van der Waals surface area contributed by atoms with Crippen molar-refractivity contribution in [3.8, 4) is 0 Å². The predicted octanol–water partition coefficient (Wildman–Crippen LogP) is 4.16. The Morgan fingerprint density at radius 3 is 2.89 bits per heavy atom. The van der Waals surface area contributed by atoms with Crippen LogP contribution in [0.2, 0.25) is 5.02 Å². The van der Waals surface area contributed by atoms with E-state index in [0.29, 0.717) is 13.2 Å². The van der Waals surface area contributed by atoms with Gasteiger partial charge in [0.25, 0.3) is 0 Å². The maximum Gasteiger partial charge on any atom is 0.141 e. The zero-order valence-corrected chi connectivity index (χ0v) is 11.0. The van der Waals surface area contributed by atoms with Crippen LogP contribution in [0.5, 0.6) is 0 Å². The highest BCUT2D eigenvalue weighted by atomic mass is 35.5. The van der Waals surface area contributed by atoms with E-state index in [-0.39, 0.29) is 11.1 Å². The Balaban J connectivity index is 1.86. The van der Waals surface area contributed by atoms with Crippen molar-refractivity contribution in [2.75, 3.05) is 11.9 Å². The molecule has 19 heavy (non-hydrogen) atoms. The SMILES string of the molecule is Fc1ccc(NC2COCc3ccccc32)cc1Cl. The van der Waals surface area contributed by atoms with Gasteiger partial charge in [-0.25, -0.2) is 4.39 Å². The molecule has 1 atom stereocenters. The third-order valence-electron chi connectivity index (χ3n) is 3.23. The highest BCUT2D eigenvalue weighted by Crippen LogP contribution is 2.29. The number of fused-ring (bicyclic) bond motifs is 1. The third kappa shape index (κ3) is 2.57. The standard InChI is InChI=1S/C15H13ClFNO/c16-13-7-11(5-6-14(13)17)18-15-9-19-8-10-3-1-2-4-12(10)15/h1-7,15,18H,8-9H2. The molecule has 1 heterocycles. The van der Waals surface area contributed by atoms with Crippen molar-refractivity contribution >= 4 is 17.3 Å². The maximum absolute atomic E-state index is 13.1. The van der Waals surface area contributed by atoms with Crippen molar-refractivity contribution in [2.45, 2.75) is 12.6 Å². The van der Waals surface area contributed by atoms with Gasteiger partial charge in [0.15, 0.2) is 0 Å². The molecule has 0 saturated carbocycles. The number of hydrogen-bond acceptors (Lipinski definition) is 2. The van der Waals surface area contributed by atoms with Crippen LogP contribution in [0.4, 0.5) is 10.1 Å². The van der Waals surface area contributed by atoms with Crippen LogP contribution in [-0.2, 0) is 11.3 Å². The van der Waals surface area contributed by atoms with Crippen LogP contribution in [0.15, 0.2) is 42.5 Å². The van der Waals surface area contributed by atoms with Crippen LogP contribution in [0.1, 0.15) is 17.2 Å². The largest absolute Gasteiger partial charge is 0.376 e. The molecule has 1 unspecified atom stereocenters. The molecule has 98 valence electrons. The monoisotopic (exact) mass is 277 g/mol. The van der Waals surface area contributed by atoms with Crippen molar-refractivity contribution < 1.29 is 9.13 Å².